The van der Waals surface area contributed by atoms with Gasteiger partial charge in [0.25, 0.3) is 5.91 Å². The molecule has 0 fully saturated rings. The van der Waals surface area contributed by atoms with Gasteiger partial charge in [-0.2, -0.15) is 0 Å². The van der Waals surface area contributed by atoms with E-state index in [2.05, 4.69) is 46.6 Å². The Labute approximate surface area is 159 Å². The third-order valence-electron chi connectivity index (χ3n) is 4.28. The molecule has 0 aliphatic rings. The summed E-state index contributed by atoms with van der Waals surface area (Å²) in [6.45, 7) is 6.79. The molecule has 0 unspecified atom stereocenters. The summed E-state index contributed by atoms with van der Waals surface area (Å²) in [6.07, 6.45) is 3.08. The minimum absolute atomic E-state index is 0.189. The van der Waals surface area contributed by atoms with Crippen molar-refractivity contribution in [3.05, 3.63) is 83.2 Å². The highest BCUT2D eigenvalue weighted by Crippen LogP contribution is 2.25. The molecular formula is C22H24N4O. The molecular weight excluding hydrogens is 336 g/mol. The van der Waals surface area contributed by atoms with Gasteiger partial charge in [-0.25, -0.2) is 9.97 Å². The number of nitrogens with one attached hydrogen (secondary N) is 2. The number of nitrogens with zero attached hydrogens (tertiary/aromatic N) is 2. The van der Waals surface area contributed by atoms with Gasteiger partial charge in [0.15, 0.2) is 0 Å². The second-order valence-corrected chi connectivity index (χ2v) is 6.83. The molecule has 3 rings (SSSR count). The number of hydrogen-bond donors (Lipinski definition) is 2. The van der Waals surface area contributed by atoms with E-state index in [-0.39, 0.29) is 5.91 Å². The third kappa shape index (κ3) is 4.91. The molecule has 0 aliphatic carbocycles. The highest BCUT2D eigenvalue weighted by atomic mass is 16.1. The summed E-state index contributed by atoms with van der Waals surface area (Å²) in [5.41, 5.74) is 4.84. The molecule has 0 radical (unpaired) electrons. The molecule has 5 heteroatoms. The van der Waals surface area contributed by atoms with Crippen molar-refractivity contribution in [3.8, 4) is 0 Å². The predicted molar refractivity (Wildman–Crippen MR) is 108 cm³/mol. The van der Waals surface area contributed by atoms with Crippen LogP contribution in [-0.4, -0.2) is 15.9 Å². The fourth-order valence-electron chi connectivity index (χ4n) is 2.85. The van der Waals surface area contributed by atoms with Crippen molar-refractivity contribution in [1.29, 1.82) is 0 Å². The van der Waals surface area contributed by atoms with Crippen LogP contribution < -0.4 is 10.6 Å². The standard InChI is InChI=1S/C22H24N4O/c1-15(2)19-9-4-5-10-20(19)26-22-24-13-18(14-25-22)21(27)23-12-17-8-6-7-16(3)11-17/h4-11,13-15H,12H2,1-3H3,(H,23,27)(H,24,25,26). The molecule has 1 amide bonds. The van der Waals surface area contributed by atoms with Crippen molar-refractivity contribution in [1.82, 2.24) is 15.3 Å². The van der Waals surface area contributed by atoms with Crippen molar-refractivity contribution < 1.29 is 4.79 Å². The molecule has 5 nitrogen and oxygen atoms in total. The number of benzene rings is 2. The predicted octanol–water partition coefficient (Wildman–Crippen LogP) is 4.58. The molecule has 2 N–H and O–H groups in total. The summed E-state index contributed by atoms with van der Waals surface area (Å²) in [4.78, 5) is 20.9. The van der Waals surface area contributed by atoms with E-state index in [4.69, 9.17) is 0 Å². The average Bonchev–Trinajstić information content (AvgIpc) is 2.67. The van der Waals surface area contributed by atoms with Crippen molar-refractivity contribution in [2.24, 2.45) is 0 Å². The second kappa shape index (κ2) is 8.45. The monoisotopic (exact) mass is 360 g/mol. The van der Waals surface area contributed by atoms with Crippen LogP contribution in [-0.2, 0) is 6.54 Å². The van der Waals surface area contributed by atoms with E-state index in [0.29, 0.717) is 24.0 Å². The highest BCUT2D eigenvalue weighted by molar-refractivity contribution is 5.93. The Morgan fingerprint density at radius 1 is 1.04 bits per heavy atom. The number of hydrogen-bond acceptors (Lipinski definition) is 4. The van der Waals surface area contributed by atoms with E-state index in [1.165, 1.54) is 11.1 Å². The quantitative estimate of drug-likeness (QED) is 0.675. The fraction of sp³-hybridized carbons (Fsp3) is 0.227. The Morgan fingerprint density at radius 2 is 1.78 bits per heavy atom. The largest absolute Gasteiger partial charge is 0.348 e. The summed E-state index contributed by atoms with van der Waals surface area (Å²) in [5, 5.41) is 6.13. The van der Waals surface area contributed by atoms with Crippen LogP contribution in [0.4, 0.5) is 11.6 Å². The van der Waals surface area contributed by atoms with Crippen molar-refractivity contribution in [2.75, 3.05) is 5.32 Å². The minimum atomic E-state index is -0.189. The first-order valence-corrected chi connectivity index (χ1v) is 9.04. The SMILES string of the molecule is Cc1cccc(CNC(=O)c2cnc(Nc3ccccc3C(C)C)nc2)c1. The molecule has 0 bridgehead atoms. The van der Waals surface area contributed by atoms with Gasteiger partial charge in [-0.1, -0.05) is 61.9 Å². The molecule has 1 heterocycles. The number of aromatic nitrogens is 2. The molecule has 0 atom stereocenters. The Morgan fingerprint density at radius 3 is 2.48 bits per heavy atom. The third-order valence-corrected chi connectivity index (χ3v) is 4.28. The topological polar surface area (TPSA) is 66.9 Å². The Bertz CT molecular complexity index is 920. The molecule has 0 saturated heterocycles. The zero-order valence-electron chi connectivity index (χ0n) is 15.9. The van der Waals surface area contributed by atoms with Gasteiger partial charge in [0.05, 0.1) is 5.56 Å². The smallest absolute Gasteiger partial charge is 0.254 e. The van der Waals surface area contributed by atoms with Gasteiger partial charge in [-0.15, -0.1) is 0 Å². The molecule has 0 aliphatic heterocycles. The lowest BCUT2D eigenvalue weighted by Crippen LogP contribution is -2.23. The lowest BCUT2D eigenvalue weighted by Gasteiger charge is -2.13. The van der Waals surface area contributed by atoms with Gasteiger partial charge < -0.3 is 10.6 Å². The summed E-state index contributed by atoms with van der Waals surface area (Å²) in [6, 6.07) is 16.1. The van der Waals surface area contributed by atoms with Crippen LogP contribution in [0.15, 0.2) is 60.9 Å². The first kappa shape index (κ1) is 18.6. The van der Waals surface area contributed by atoms with Crippen LogP contribution in [0.2, 0.25) is 0 Å². The number of carbonyl (C=O) groups excluding carboxylic acids is 1. The van der Waals surface area contributed by atoms with Gasteiger partial charge >= 0.3 is 0 Å². The lowest BCUT2D eigenvalue weighted by molar-refractivity contribution is 0.0950. The van der Waals surface area contributed by atoms with Crippen LogP contribution >= 0.6 is 0 Å². The summed E-state index contributed by atoms with van der Waals surface area (Å²) >= 11 is 0. The number of anilines is 2. The van der Waals surface area contributed by atoms with Gasteiger partial charge in [0.1, 0.15) is 0 Å². The van der Waals surface area contributed by atoms with E-state index in [0.717, 1.165) is 11.3 Å². The van der Waals surface area contributed by atoms with Gasteiger partial charge in [-0.05, 0) is 30.0 Å². The molecule has 1 aromatic heterocycles. The maximum absolute atomic E-state index is 12.3. The Hall–Kier alpha value is -3.21. The number of rotatable bonds is 6. The van der Waals surface area contributed by atoms with E-state index in [9.17, 15) is 4.79 Å². The molecule has 2 aromatic carbocycles. The van der Waals surface area contributed by atoms with Gasteiger partial charge in [0.2, 0.25) is 5.95 Å². The molecule has 0 spiro atoms. The molecule has 27 heavy (non-hydrogen) atoms. The summed E-state index contributed by atoms with van der Waals surface area (Å²) in [5.74, 6) is 0.671. The zero-order valence-corrected chi connectivity index (χ0v) is 15.9. The van der Waals surface area contributed by atoms with Crippen LogP contribution in [0.5, 0.6) is 0 Å². The fourth-order valence-corrected chi connectivity index (χ4v) is 2.85. The van der Waals surface area contributed by atoms with E-state index in [1.807, 2.05) is 43.3 Å². The Kier molecular flexibility index (Phi) is 5.81. The average molecular weight is 360 g/mol. The van der Waals surface area contributed by atoms with Gasteiger partial charge in [-0.3, -0.25) is 4.79 Å². The van der Waals surface area contributed by atoms with Crippen LogP contribution in [0.3, 0.4) is 0 Å². The van der Waals surface area contributed by atoms with E-state index < -0.39 is 0 Å². The first-order valence-electron chi connectivity index (χ1n) is 9.04. The number of carbonyl (C=O) groups is 1. The molecule has 3 aromatic rings. The normalized spacial score (nSPS) is 10.7. The Balaban J connectivity index is 1.64. The highest BCUT2D eigenvalue weighted by Gasteiger charge is 2.09. The van der Waals surface area contributed by atoms with E-state index in [1.54, 1.807) is 12.4 Å². The lowest BCUT2D eigenvalue weighted by atomic mass is 10.0. The molecule has 138 valence electrons. The zero-order chi connectivity index (χ0) is 19.2. The number of amides is 1. The van der Waals surface area contributed by atoms with E-state index >= 15 is 0 Å². The van der Waals surface area contributed by atoms with Crippen molar-refractivity contribution in [2.45, 2.75) is 33.2 Å². The molecule has 0 saturated carbocycles. The minimum Gasteiger partial charge on any atom is -0.348 e. The van der Waals surface area contributed by atoms with Crippen molar-refractivity contribution in [3.63, 3.8) is 0 Å². The summed E-state index contributed by atoms with van der Waals surface area (Å²) < 4.78 is 0. The number of para-hydroxylation sites is 1. The first-order chi connectivity index (χ1) is 13.0. The van der Waals surface area contributed by atoms with Crippen LogP contribution in [0.25, 0.3) is 0 Å². The van der Waals surface area contributed by atoms with Crippen LogP contribution in [0.1, 0.15) is 46.8 Å². The van der Waals surface area contributed by atoms with Crippen LogP contribution in [0, 0.1) is 6.92 Å². The van der Waals surface area contributed by atoms with Gasteiger partial charge in [0, 0.05) is 24.6 Å². The van der Waals surface area contributed by atoms with Crippen molar-refractivity contribution >= 4 is 17.5 Å². The maximum Gasteiger partial charge on any atom is 0.254 e. The second-order valence-electron chi connectivity index (χ2n) is 6.83. The maximum atomic E-state index is 12.3. The number of aryl methyl sites for hydroxylation is 1. The summed E-state index contributed by atoms with van der Waals surface area (Å²) in [7, 11) is 0.